The Hall–Kier alpha value is -1.14. The van der Waals surface area contributed by atoms with Gasteiger partial charge in [-0.05, 0) is 34.2 Å². The van der Waals surface area contributed by atoms with Gasteiger partial charge in [-0.15, -0.1) is 0 Å². The predicted octanol–water partition coefficient (Wildman–Crippen LogP) is 1.75. The minimum atomic E-state index is -1.00. The zero-order chi connectivity index (χ0) is 14.5. The van der Waals surface area contributed by atoms with Gasteiger partial charge in [-0.3, -0.25) is 5.41 Å². The van der Waals surface area contributed by atoms with Gasteiger partial charge in [-0.25, -0.2) is 0 Å². The Balaban J connectivity index is 2.70. The molecule has 0 aromatic carbocycles. The van der Waals surface area contributed by atoms with Crippen LogP contribution in [0.3, 0.4) is 0 Å². The lowest BCUT2D eigenvalue weighted by Gasteiger charge is -2.15. The van der Waals surface area contributed by atoms with E-state index in [1.807, 2.05) is 0 Å². The first kappa shape index (κ1) is 15.9. The van der Waals surface area contributed by atoms with Crippen LogP contribution in [-0.4, -0.2) is 35.6 Å². The van der Waals surface area contributed by atoms with Crippen LogP contribution in [0.4, 0.5) is 0 Å². The molecule has 1 rings (SSSR count). The molecule has 5 nitrogen and oxygen atoms in total. The van der Waals surface area contributed by atoms with Crippen molar-refractivity contribution in [1.82, 2.24) is 10.6 Å². The minimum Gasteiger partial charge on any atom is -0.394 e. The van der Waals surface area contributed by atoms with Crippen molar-refractivity contribution < 1.29 is 5.11 Å². The van der Waals surface area contributed by atoms with Crippen LogP contribution < -0.4 is 10.6 Å². The molecule has 0 amide bonds. The summed E-state index contributed by atoms with van der Waals surface area (Å²) in [7, 11) is 1.70. The van der Waals surface area contributed by atoms with E-state index in [-0.39, 0.29) is 4.62 Å². The number of rotatable bonds is 8. The number of halogens is 1. The van der Waals surface area contributed by atoms with Gasteiger partial charge in [-0.2, -0.15) is 0 Å². The summed E-state index contributed by atoms with van der Waals surface area (Å²) in [5.41, 5.74) is 1.17. The highest BCUT2D eigenvalue weighted by molar-refractivity contribution is 9.18. The van der Waals surface area contributed by atoms with Crippen LogP contribution in [0.15, 0.2) is 23.5 Å². The summed E-state index contributed by atoms with van der Waals surface area (Å²) in [6.45, 7) is 3.04. The maximum atomic E-state index is 10.2. The van der Waals surface area contributed by atoms with E-state index in [1.165, 1.54) is 12.8 Å². The summed E-state index contributed by atoms with van der Waals surface area (Å²) >= 11 is 3.04. The van der Waals surface area contributed by atoms with Gasteiger partial charge in [0, 0.05) is 43.4 Å². The molecule has 1 atom stereocenters. The zero-order valence-electron chi connectivity index (χ0n) is 11.3. The lowest BCUT2D eigenvalue weighted by Crippen LogP contribution is -2.23. The van der Waals surface area contributed by atoms with E-state index in [2.05, 4.69) is 33.5 Å². The Bertz CT molecular complexity index is 413. The van der Waals surface area contributed by atoms with Gasteiger partial charge < -0.3 is 21.1 Å². The van der Waals surface area contributed by atoms with Crippen LogP contribution in [0.5, 0.6) is 0 Å². The molecule has 5 N–H and O–H groups in total. The molecule has 0 radical (unpaired) electrons. The molecule has 106 valence electrons. The van der Waals surface area contributed by atoms with E-state index in [9.17, 15) is 5.11 Å². The lowest BCUT2D eigenvalue weighted by molar-refractivity contribution is 0.258. The first-order chi connectivity index (χ1) is 8.93. The van der Waals surface area contributed by atoms with Crippen LogP contribution >= 0.6 is 15.9 Å². The highest BCUT2D eigenvalue weighted by Crippen LogP contribution is 2.44. The topological polar surface area (TPSA) is 92.0 Å². The molecule has 19 heavy (non-hydrogen) atoms. The van der Waals surface area contributed by atoms with Crippen molar-refractivity contribution in [2.24, 2.45) is 5.41 Å². The monoisotopic (exact) mass is 328 g/mol. The average Bonchev–Trinajstić information content (AvgIpc) is 3.09. The van der Waals surface area contributed by atoms with E-state index in [0.717, 1.165) is 12.8 Å². The van der Waals surface area contributed by atoms with Crippen LogP contribution in [0.2, 0.25) is 0 Å². The smallest absolute Gasteiger partial charge is 0.111 e. The van der Waals surface area contributed by atoms with E-state index in [1.54, 1.807) is 19.4 Å². The molecule has 1 aliphatic rings. The fourth-order valence-corrected chi connectivity index (χ4v) is 1.93. The van der Waals surface area contributed by atoms with E-state index < -0.39 is 6.10 Å². The van der Waals surface area contributed by atoms with Gasteiger partial charge in [0.1, 0.15) is 10.7 Å². The number of hydrogen-bond acceptors (Lipinski definition) is 5. The molecule has 0 heterocycles. The Morgan fingerprint density at radius 2 is 2.11 bits per heavy atom. The second-order valence-corrected chi connectivity index (χ2v) is 5.88. The lowest BCUT2D eigenvalue weighted by atomic mass is 10.0. The molecule has 6 heteroatoms. The van der Waals surface area contributed by atoms with E-state index >= 15 is 0 Å². The molecule has 0 aromatic heterocycles. The van der Waals surface area contributed by atoms with Gasteiger partial charge in [0.05, 0.1) is 0 Å². The zero-order valence-corrected chi connectivity index (χ0v) is 12.8. The Kier molecular flexibility index (Phi) is 5.75. The third-order valence-corrected chi connectivity index (χ3v) is 3.69. The first-order valence-electron chi connectivity index (χ1n) is 6.17. The van der Waals surface area contributed by atoms with Crippen LogP contribution in [0.25, 0.3) is 0 Å². The van der Waals surface area contributed by atoms with Crippen molar-refractivity contribution in [3.05, 3.63) is 23.5 Å². The maximum Gasteiger partial charge on any atom is 0.111 e. The van der Waals surface area contributed by atoms with Crippen molar-refractivity contribution in [2.75, 3.05) is 13.6 Å². The highest BCUT2D eigenvalue weighted by atomic mass is 79.9. The molecule has 0 aliphatic heterocycles. The number of aliphatic hydroxyl groups excluding tert-OH is 1. The summed E-state index contributed by atoms with van der Waals surface area (Å²) in [4.78, 5) is 0. The van der Waals surface area contributed by atoms with Crippen molar-refractivity contribution in [1.29, 1.82) is 10.8 Å². The molecular weight excluding hydrogens is 308 g/mol. The van der Waals surface area contributed by atoms with Crippen molar-refractivity contribution in [2.45, 2.75) is 25.9 Å². The molecule has 0 spiro atoms. The Morgan fingerprint density at radius 3 is 2.53 bits per heavy atom. The summed E-state index contributed by atoms with van der Waals surface area (Å²) in [6.07, 6.45) is 5.73. The number of aliphatic hydroxyl groups is 1. The fraction of sp³-hybridized carbons (Fsp3) is 0.538. The largest absolute Gasteiger partial charge is 0.394 e. The quantitative estimate of drug-likeness (QED) is 0.439. The molecule has 1 saturated carbocycles. The van der Waals surface area contributed by atoms with Gasteiger partial charge in [-0.1, -0.05) is 6.92 Å². The molecular formula is C13H21BrN4O. The van der Waals surface area contributed by atoms with Crippen LogP contribution in [0.1, 0.15) is 19.8 Å². The van der Waals surface area contributed by atoms with Crippen LogP contribution in [-0.2, 0) is 0 Å². The Labute approximate surface area is 122 Å². The van der Waals surface area contributed by atoms with E-state index in [4.69, 9.17) is 10.8 Å². The van der Waals surface area contributed by atoms with Gasteiger partial charge >= 0.3 is 0 Å². The normalized spacial score (nSPS) is 19.6. The molecule has 0 bridgehead atoms. The fourth-order valence-electron chi connectivity index (χ4n) is 1.60. The van der Waals surface area contributed by atoms with Gasteiger partial charge in [0.2, 0.25) is 0 Å². The van der Waals surface area contributed by atoms with Crippen molar-refractivity contribution in [3.8, 4) is 0 Å². The standard InChI is InChI=1S/C13H21BrN4O/c1-13(3-4-13)8-18-6-9(5-15)11(19)10(7-17-2)12(14)16/h5-7,11,15-19H,3-4,8H2,1-2H3/b9-6+,10-7-,15-5?,16-12?. The highest BCUT2D eigenvalue weighted by Gasteiger charge is 2.36. The average molecular weight is 329 g/mol. The number of nitrogens with one attached hydrogen (secondary N) is 4. The third kappa shape index (κ3) is 4.80. The first-order valence-corrected chi connectivity index (χ1v) is 6.96. The summed E-state index contributed by atoms with van der Waals surface area (Å²) in [6, 6.07) is 0. The predicted molar refractivity (Wildman–Crippen MR) is 82.0 cm³/mol. The second kappa shape index (κ2) is 6.86. The second-order valence-electron chi connectivity index (χ2n) is 5.09. The molecule has 1 fully saturated rings. The van der Waals surface area contributed by atoms with E-state index in [0.29, 0.717) is 16.6 Å². The van der Waals surface area contributed by atoms with Crippen molar-refractivity contribution >= 4 is 26.8 Å². The number of hydrogen-bond donors (Lipinski definition) is 5. The van der Waals surface area contributed by atoms with Crippen LogP contribution in [0, 0.1) is 16.2 Å². The molecule has 0 aromatic rings. The summed E-state index contributed by atoms with van der Waals surface area (Å²) in [5, 5.41) is 31.1. The molecule has 1 aliphatic carbocycles. The molecule has 1 unspecified atom stereocenters. The minimum absolute atomic E-state index is 0.0938. The molecule has 0 saturated heterocycles. The maximum absolute atomic E-state index is 10.2. The van der Waals surface area contributed by atoms with Crippen molar-refractivity contribution in [3.63, 3.8) is 0 Å². The van der Waals surface area contributed by atoms with Gasteiger partial charge in [0.25, 0.3) is 0 Å². The third-order valence-electron chi connectivity index (χ3n) is 3.23. The summed E-state index contributed by atoms with van der Waals surface area (Å²) < 4.78 is 0.0938. The SMILES string of the molecule is CN/C=C(\C(=N)Br)C(O)/C(C=N)=C/NCC1(C)CC1. The Morgan fingerprint density at radius 1 is 1.47 bits per heavy atom. The van der Waals surface area contributed by atoms with Gasteiger partial charge in [0.15, 0.2) is 0 Å². The summed E-state index contributed by atoms with van der Waals surface area (Å²) in [5.74, 6) is 0.